The predicted octanol–water partition coefficient (Wildman–Crippen LogP) is 2.63. The minimum atomic E-state index is -3.18. The quantitative estimate of drug-likeness (QED) is 0.830. The van der Waals surface area contributed by atoms with Gasteiger partial charge in [0.15, 0.2) is 0 Å². The van der Waals surface area contributed by atoms with Crippen LogP contribution in [0.25, 0.3) is 0 Å². The lowest BCUT2D eigenvalue weighted by Gasteiger charge is -2.31. The molecule has 0 unspecified atom stereocenters. The third-order valence-corrected chi connectivity index (χ3v) is 5.71. The number of benzene rings is 1. The lowest BCUT2D eigenvalue weighted by molar-refractivity contribution is 0.180. The number of nitriles is 1. The molecular formula is C17H24N2O3S. The second kappa shape index (κ2) is 8.32. The summed E-state index contributed by atoms with van der Waals surface area (Å²) in [4.78, 5) is 0. The summed E-state index contributed by atoms with van der Waals surface area (Å²) in [5.74, 6) is 1.07. The first kappa shape index (κ1) is 17.8. The fourth-order valence-electron chi connectivity index (χ4n) is 2.87. The van der Waals surface area contributed by atoms with Crippen molar-refractivity contribution in [1.29, 1.82) is 5.26 Å². The van der Waals surface area contributed by atoms with Gasteiger partial charge in [0.25, 0.3) is 0 Å². The van der Waals surface area contributed by atoms with Gasteiger partial charge in [0.05, 0.1) is 24.8 Å². The van der Waals surface area contributed by atoms with Crippen molar-refractivity contribution in [3.63, 3.8) is 0 Å². The van der Waals surface area contributed by atoms with Crippen LogP contribution in [0.1, 0.15) is 38.2 Å². The molecule has 1 aliphatic carbocycles. The average molecular weight is 336 g/mol. The monoisotopic (exact) mass is 336 g/mol. The Labute approximate surface area is 138 Å². The van der Waals surface area contributed by atoms with Crippen LogP contribution < -0.4 is 9.46 Å². The summed E-state index contributed by atoms with van der Waals surface area (Å²) in [6, 6.07) is 9.57. The summed E-state index contributed by atoms with van der Waals surface area (Å²) in [5, 5.41) is 8.67. The third kappa shape index (κ3) is 5.52. The van der Waals surface area contributed by atoms with Gasteiger partial charge in [-0.2, -0.15) is 5.26 Å². The number of sulfonamides is 1. The largest absolute Gasteiger partial charge is 0.493 e. The molecule has 23 heavy (non-hydrogen) atoms. The minimum Gasteiger partial charge on any atom is -0.493 e. The number of hydrogen-bond acceptors (Lipinski definition) is 4. The van der Waals surface area contributed by atoms with Crippen molar-refractivity contribution >= 4 is 10.0 Å². The van der Waals surface area contributed by atoms with Crippen LogP contribution in [-0.4, -0.2) is 26.8 Å². The van der Waals surface area contributed by atoms with E-state index in [1.165, 1.54) is 0 Å². The van der Waals surface area contributed by atoms with Gasteiger partial charge in [-0.15, -0.1) is 0 Å². The minimum absolute atomic E-state index is 0.0356. The van der Waals surface area contributed by atoms with E-state index in [4.69, 9.17) is 10.00 Å². The average Bonchev–Trinajstić information content (AvgIpc) is 2.55. The van der Waals surface area contributed by atoms with Gasteiger partial charge in [-0.1, -0.05) is 25.0 Å². The molecule has 0 radical (unpaired) electrons. The molecule has 1 aromatic carbocycles. The second-order valence-electron chi connectivity index (χ2n) is 5.96. The van der Waals surface area contributed by atoms with E-state index >= 15 is 0 Å². The summed E-state index contributed by atoms with van der Waals surface area (Å²) in [5.41, 5.74) is 0.964. The molecule has 1 saturated carbocycles. The van der Waals surface area contributed by atoms with Gasteiger partial charge in [0.2, 0.25) is 10.0 Å². The van der Waals surface area contributed by atoms with E-state index in [2.05, 4.69) is 10.8 Å². The maximum absolute atomic E-state index is 11.8. The standard InChI is InChI=1S/C17H24N2O3S/c1-2-23(20,21)19-17-6-4-3-5-15(17)13-22-16-9-7-14(8-10-16)11-12-18/h7-10,15,17,19H,2-6,11,13H2,1H3/t15-,17+/m1/s1. The Morgan fingerprint density at radius 2 is 1.96 bits per heavy atom. The van der Waals surface area contributed by atoms with Crippen molar-refractivity contribution in [3.05, 3.63) is 29.8 Å². The molecule has 0 bridgehead atoms. The first-order valence-corrected chi connectivity index (χ1v) is 9.78. The smallest absolute Gasteiger partial charge is 0.211 e. The van der Waals surface area contributed by atoms with E-state index in [0.717, 1.165) is 37.0 Å². The van der Waals surface area contributed by atoms with Gasteiger partial charge in [0.1, 0.15) is 5.75 Å². The van der Waals surface area contributed by atoms with Crippen molar-refractivity contribution in [2.24, 2.45) is 5.92 Å². The zero-order valence-corrected chi connectivity index (χ0v) is 14.3. The van der Waals surface area contributed by atoms with Gasteiger partial charge in [-0.3, -0.25) is 0 Å². The van der Waals surface area contributed by atoms with Gasteiger partial charge < -0.3 is 4.74 Å². The molecular weight excluding hydrogens is 312 g/mol. The Hall–Kier alpha value is -1.58. The Bertz CT molecular complexity index is 635. The Balaban J connectivity index is 1.92. The van der Waals surface area contributed by atoms with E-state index in [0.29, 0.717) is 13.0 Å². The molecule has 2 atom stereocenters. The lowest BCUT2D eigenvalue weighted by atomic mass is 9.86. The van der Waals surface area contributed by atoms with E-state index < -0.39 is 10.0 Å². The highest BCUT2D eigenvalue weighted by Crippen LogP contribution is 2.26. The molecule has 0 saturated heterocycles. The van der Waals surface area contributed by atoms with Crippen LogP contribution in [0.3, 0.4) is 0 Å². The number of nitrogens with one attached hydrogen (secondary N) is 1. The van der Waals surface area contributed by atoms with E-state index in [-0.39, 0.29) is 17.7 Å². The maximum atomic E-state index is 11.8. The normalized spacial score (nSPS) is 21.6. The van der Waals surface area contributed by atoms with Crippen LogP contribution >= 0.6 is 0 Å². The van der Waals surface area contributed by atoms with Crippen molar-refractivity contribution in [3.8, 4) is 11.8 Å². The highest BCUT2D eigenvalue weighted by Gasteiger charge is 2.28. The molecule has 126 valence electrons. The maximum Gasteiger partial charge on any atom is 0.211 e. The molecule has 1 aromatic rings. The zero-order chi connectivity index (χ0) is 16.7. The molecule has 6 heteroatoms. The summed E-state index contributed by atoms with van der Waals surface area (Å²) in [6.07, 6.45) is 4.40. The van der Waals surface area contributed by atoms with Crippen molar-refractivity contribution in [1.82, 2.24) is 4.72 Å². The topological polar surface area (TPSA) is 79.2 Å². The van der Waals surface area contributed by atoms with Gasteiger partial charge in [-0.25, -0.2) is 13.1 Å². The molecule has 1 aliphatic rings. The summed E-state index contributed by atoms with van der Waals surface area (Å²) >= 11 is 0. The van der Waals surface area contributed by atoms with Crippen LogP contribution in [-0.2, 0) is 16.4 Å². The van der Waals surface area contributed by atoms with E-state index in [1.54, 1.807) is 6.92 Å². The van der Waals surface area contributed by atoms with Crippen molar-refractivity contribution in [2.75, 3.05) is 12.4 Å². The number of ether oxygens (including phenoxy) is 1. The Morgan fingerprint density at radius 3 is 2.61 bits per heavy atom. The van der Waals surface area contributed by atoms with E-state index in [1.807, 2.05) is 24.3 Å². The van der Waals surface area contributed by atoms with Crippen LogP contribution in [0.15, 0.2) is 24.3 Å². The number of rotatable bonds is 7. The summed E-state index contributed by atoms with van der Waals surface area (Å²) in [7, 11) is -3.18. The van der Waals surface area contributed by atoms with Crippen LogP contribution in [0.4, 0.5) is 0 Å². The molecule has 2 rings (SSSR count). The molecule has 0 spiro atoms. The Morgan fingerprint density at radius 1 is 1.26 bits per heavy atom. The van der Waals surface area contributed by atoms with Crippen LogP contribution in [0.2, 0.25) is 0 Å². The molecule has 0 amide bonds. The molecule has 5 nitrogen and oxygen atoms in total. The van der Waals surface area contributed by atoms with Crippen molar-refractivity contribution in [2.45, 2.75) is 45.1 Å². The summed E-state index contributed by atoms with van der Waals surface area (Å²) < 4.78 is 32.3. The second-order valence-corrected chi connectivity index (χ2v) is 8.00. The van der Waals surface area contributed by atoms with Gasteiger partial charge >= 0.3 is 0 Å². The highest BCUT2D eigenvalue weighted by atomic mass is 32.2. The number of nitrogens with zero attached hydrogens (tertiary/aromatic N) is 1. The summed E-state index contributed by atoms with van der Waals surface area (Å²) in [6.45, 7) is 2.16. The SMILES string of the molecule is CCS(=O)(=O)N[C@H]1CCCC[C@@H]1COc1ccc(CC#N)cc1. The van der Waals surface area contributed by atoms with E-state index in [9.17, 15) is 8.42 Å². The zero-order valence-electron chi connectivity index (χ0n) is 13.5. The number of hydrogen-bond donors (Lipinski definition) is 1. The third-order valence-electron chi connectivity index (χ3n) is 4.29. The fraction of sp³-hybridized carbons (Fsp3) is 0.588. The van der Waals surface area contributed by atoms with Gasteiger partial charge in [-0.05, 0) is 37.5 Å². The molecule has 0 heterocycles. The van der Waals surface area contributed by atoms with Crippen molar-refractivity contribution < 1.29 is 13.2 Å². The van der Waals surface area contributed by atoms with Crippen LogP contribution in [0, 0.1) is 17.2 Å². The molecule has 0 aliphatic heterocycles. The van der Waals surface area contributed by atoms with Gasteiger partial charge in [0, 0.05) is 12.0 Å². The first-order chi connectivity index (χ1) is 11.0. The fourth-order valence-corrected chi connectivity index (χ4v) is 3.81. The van der Waals surface area contributed by atoms with Crippen LogP contribution in [0.5, 0.6) is 5.75 Å². The Kier molecular flexibility index (Phi) is 6.43. The lowest BCUT2D eigenvalue weighted by Crippen LogP contribution is -2.44. The predicted molar refractivity (Wildman–Crippen MR) is 89.6 cm³/mol. The molecule has 0 aromatic heterocycles. The molecule has 1 fully saturated rings. The first-order valence-electron chi connectivity index (χ1n) is 8.12. The highest BCUT2D eigenvalue weighted by molar-refractivity contribution is 7.89. The molecule has 1 N–H and O–H groups in total.